The highest BCUT2D eigenvalue weighted by atomic mass is 127. The van der Waals surface area contributed by atoms with Crippen LogP contribution in [0, 0.1) is 0 Å². The third-order valence-electron chi connectivity index (χ3n) is 4.25. The summed E-state index contributed by atoms with van der Waals surface area (Å²) in [5.74, 6) is 1.38. The normalized spacial score (nSPS) is 11.7. The van der Waals surface area contributed by atoms with E-state index in [0.29, 0.717) is 36.2 Å². The summed E-state index contributed by atoms with van der Waals surface area (Å²) in [4.78, 5) is 6.46. The van der Waals surface area contributed by atoms with Gasteiger partial charge in [-0.05, 0) is 35.9 Å². The Morgan fingerprint density at radius 1 is 1.10 bits per heavy atom. The van der Waals surface area contributed by atoms with E-state index in [2.05, 4.69) is 10.3 Å². The average Bonchev–Trinajstić information content (AvgIpc) is 2.70. The van der Waals surface area contributed by atoms with E-state index in [0.717, 1.165) is 5.75 Å². The number of aliphatic imine (C=N–C) groups is 1. The van der Waals surface area contributed by atoms with E-state index in [1.165, 1.54) is 18.4 Å². The maximum atomic E-state index is 12.5. The summed E-state index contributed by atoms with van der Waals surface area (Å²) in [7, 11) is 3.10. The number of hydrogen-bond donors (Lipinski definition) is 1. The van der Waals surface area contributed by atoms with Gasteiger partial charge in [-0.25, -0.2) is 12.7 Å². The maximum Gasteiger partial charge on any atom is 0.242 e. The van der Waals surface area contributed by atoms with Crippen molar-refractivity contribution in [1.29, 1.82) is 0 Å². The molecule has 1 N–H and O–H groups in total. The molecule has 166 valence electrons. The van der Waals surface area contributed by atoms with Crippen molar-refractivity contribution >= 4 is 51.6 Å². The highest BCUT2D eigenvalue weighted by Gasteiger charge is 2.20. The lowest BCUT2D eigenvalue weighted by Gasteiger charge is -2.23. The molecule has 0 radical (unpaired) electrons. The second kappa shape index (κ2) is 12.3. The van der Waals surface area contributed by atoms with Crippen molar-refractivity contribution in [1.82, 2.24) is 14.5 Å². The Morgan fingerprint density at radius 2 is 1.73 bits per heavy atom. The fourth-order valence-electron chi connectivity index (χ4n) is 2.59. The van der Waals surface area contributed by atoms with Crippen molar-refractivity contribution in [2.45, 2.75) is 11.4 Å². The number of sulfonamides is 1. The predicted molar refractivity (Wildman–Crippen MR) is 133 cm³/mol. The van der Waals surface area contributed by atoms with Crippen LogP contribution < -0.4 is 10.1 Å². The first-order valence-electron chi connectivity index (χ1n) is 9.06. The van der Waals surface area contributed by atoms with E-state index in [4.69, 9.17) is 16.3 Å². The molecule has 0 fully saturated rings. The Morgan fingerprint density at radius 3 is 2.33 bits per heavy atom. The molecule has 0 heterocycles. The van der Waals surface area contributed by atoms with Crippen LogP contribution in [0.15, 0.2) is 58.4 Å². The summed E-state index contributed by atoms with van der Waals surface area (Å²) < 4.78 is 32.0. The predicted octanol–water partition coefficient (Wildman–Crippen LogP) is 3.29. The molecular formula is C20H28ClIN4O3S. The number of halogens is 2. The van der Waals surface area contributed by atoms with Crippen molar-refractivity contribution in [2.24, 2.45) is 4.99 Å². The van der Waals surface area contributed by atoms with Gasteiger partial charge in [0.1, 0.15) is 12.4 Å². The first-order chi connectivity index (χ1) is 13.8. The molecule has 2 aromatic carbocycles. The van der Waals surface area contributed by atoms with E-state index in [1.54, 1.807) is 37.4 Å². The van der Waals surface area contributed by atoms with Crippen LogP contribution in [-0.2, 0) is 16.6 Å². The van der Waals surface area contributed by atoms with E-state index in [9.17, 15) is 8.42 Å². The number of rotatable bonds is 8. The number of nitrogens with zero attached hydrogens (tertiary/aromatic N) is 3. The second-order valence-corrected chi connectivity index (χ2v) is 9.08. The van der Waals surface area contributed by atoms with Crippen LogP contribution in [0.4, 0.5) is 0 Å². The fraction of sp³-hybridized carbons (Fsp3) is 0.350. The molecule has 0 aliphatic rings. The van der Waals surface area contributed by atoms with Crippen LogP contribution in [0.25, 0.3) is 0 Å². The smallest absolute Gasteiger partial charge is 0.242 e. The molecule has 0 atom stereocenters. The molecular weight excluding hydrogens is 539 g/mol. The highest BCUT2D eigenvalue weighted by Crippen LogP contribution is 2.18. The van der Waals surface area contributed by atoms with Gasteiger partial charge in [0, 0.05) is 39.8 Å². The zero-order valence-electron chi connectivity index (χ0n) is 17.5. The summed E-state index contributed by atoms with van der Waals surface area (Å²) in [5.41, 5.74) is 0.674. The Kier molecular flexibility index (Phi) is 10.9. The van der Waals surface area contributed by atoms with Crippen molar-refractivity contribution < 1.29 is 13.2 Å². The van der Waals surface area contributed by atoms with Gasteiger partial charge in [0.25, 0.3) is 0 Å². The summed E-state index contributed by atoms with van der Waals surface area (Å²) in [6.45, 7) is 1.39. The lowest BCUT2D eigenvalue weighted by molar-refractivity contribution is 0.281. The minimum absolute atomic E-state index is 0. The molecule has 7 nitrogen and oxygen atoms in total. The molecule has 30 heavy (non-hydrogen) atoms. The van der Waals surface area contributed by atoms with Crippen LogP contribution in [0.2, 0.25) is 5.02 Å². The average molecular weight is 567 g/mol. The quantitative estimate of drug-likeness (QED) is 0.302. The number of likely N-dealkylation sites (N-methyl/N-ethyl adjacent to an activating group) is 1. The largest absolute Gasteiger partial charge is 0.492 e. The van der Waals surface area contributed by atoms with Crippen molar-refractivity contribution in [3.63, 3.8) is 0 Å². The van der Waals surface area contributed by atoms with Gasteiger partial charge in [0.15, 0.2) is 5.96 Å². The van der Waals surface area contributed by atoms with Gasteiger partial charge in [-0.15, -0.1) is 24.0 Å². The van der Waals surface area contributed by atoms with Gasteiger partial charge in [-0.2, -0.15) is 0 Å². The van der Waals surface area contributed by atoms with Gasteiger partial charge in [0.2, 0.25) is 10.0 Å². The SMILES string of the molecule is CN=C(NCc1ccccc1S(=O)(=O)N(C)C)N(C)CCOc1ccc(Cl)cc1.I. The molecule has 0 bridgehead atoms. The molecule has 0 aliphatic carbocycles. The van der Waals surface area contributed by atoms with Crippen LogP contribution in [0.1, 0.15) is 5.56 Å². The zero-order chi connectivity index (χ0) is 21.4. The van der Waals surface area contributed by atoms with Gasteiger partial charge in [0.05, 0.1) is 11.4 Å². The molecule has 2 aromatic rings. The van der Waals surface area contributed by atoms with Crippen molar-refractivity contribution in [3.8, 4) is 5.75 Å². The summed E-state index contributed by atoms with van der Waals surface area (Å²) in [6, 6.07) is 14.1. The molecule has 0 aliphatic heterocycles. The third-order valence-corrected chi connectivity index (χ3v) is 6.42. The molecule has 0 unspecified atom stereocenters. The minimum atomic E-state index is -3.52. The number of nitrogens with one attached hydrogen (secondary N) is 1. The Balaban J connectivity index is 0.00000450. The molecule has 0 saturated heterocycles. The Hall–Kier alpha value is -1.56. The second-order valence-electron chi connectivity index (χ2n) is 6.52. The van der Waals surface area contributed by atoms with E-state index in [1.807, 2.05) is 30.1 Å². The molecule has 0 saturated carbocycles. The van der Waals surface area contributed by atoms with Crippen LogP contribution >= 0.6 is 35.6 Å². The van der Waals surface area contributed by atoms with Crippen LogP contribution in [0.3, 0.4) is 0 Å². The number of guanidine groups is 1. The summed E-state index contributed by atoms with van der Waals surface area (Å²) in [6.07, 6.45) is 0. The summed E-state index contributed by atoms with van der Waals surface area (Å²) >= 11 is 5.87. The summed E-state index contributed by atoms with van der Waals surface area (Å²) in [5, 5.41) is 3.88. The number of benzene rings is 2. The zero-order valence-corrected chi connectivity index (χ0v) is 21.4. The molecule has 10 heteroatoms. The highest BCUT2D eigenvalue weighted by molar-refractivity contribution is 14.0. The molecule has 0 amide bonds. The Labute approximate surface area is 201 Å². The minimum Gasteiger partial charge on any atom is -0.492 e. The first-order valence-corrected chi connectivity index (χ1v) is 10.9. The maximum absolute atomic E-state index is 12.5. The van der Waals surface area contributed by atoms with Crippen LogP contribution in [-0.4, -0.2) is 64.9 Å². The van der Waals surface area contributed by atoms with Gasteiger partial charge >= 0.3 is 0 Å². The van der Waals surface area contributed by atoms with Crippen molar-refractivity contribution in [2.75, 3.05) is 41.3 Å². The lowest BCUT2D eigenvalue weighted by Crippen LogP contribution is -2.40. The van der Waals surface area contributed by atoms with E-state index < -0.39 is 10.0 Å². The monoisotopic (exact) mass is 566 g/mol. The number of ether oxygens (including phenoxy) is 1. The van der Waals surface area contributed by atoms with Crippen molar-refractivity contribution in [3.05, 3.63) is 59.1 Å². The fourth-order valence-corrected chi connectivity index (χ4v) is 3.84. The van der Waals surface area contributed by atoms with E-state index >= 15 is 0 Å². The topological polar surface area (TPSA) is 74.2 Å². The van der Waals surface area contributed by atoms with Gasteiger partial charge in [-0.3, -0.25) is 4.99 Å². The molecule has 0 spiro atoms. The first kappa shape index (κ1) is 26.5. The van der Waals surface area contributed by atoms with Gasteiger partial charge < -0.3 is 15.0 Å². The number of hydrogen-bond acceptors (Lipinski definition) is 4. The van der Waals surface area contributed by atoms with Gasteiger partial charge in [-0.1, -0.05) is 29.8 Å². The third kappa shape index (κ3) is 7.29. The van der Waals surface area contributed by atoms with E-state index in [-0.39, 0.29) is 28.9 Å². The molecule has 2 rings (SSSR count). The van der Waals surface area contributed by atoms with Crippen LogP contribution in [0.5, 0.6) is 5.75 Å². The Bertz CT molecular complexity index is 937. The molecule has 0 aromatic heterocycles. The standard InChI is InChI=1S/C20H27ClN4O3S.HI/c1-22-20(25(4)13-14-28-18-11-9-17(21)10-12-18)23-15-16-7-5-6-8-19(16)29(26,27)24(2)3;/h5-12H,13-15H2,1-4H3,(H,22,23);1H. The lowest BCUT2D eigenvalue weighted by atomic mass is 10.2.